The van der Waals surface area contributed by atoms with Crippen LogP contribution in [0, 0.1) is 0 Å². The quantitative estimate of drug-likeness (QED) is 0.727. The maximum absolute atomic E-state index is 4.63. The van der Waals surface area contributed by atoms with Crippen LogP contribution in [0.5, 0.6) is 0 Å². The number of hydrogen-bond acceptors (Lipinski definition) is 6. The van der Waals surface area contributed by atoms with Gasteiger partial charge in [0.05, 0.1) is 17.9 Å². The number of pyridine rings is 2. The van der Waals surface area contributed by atoms with E-state index in [2.05, 4.69) is 30.6 Å². The Labute approximate surface area is 140 Å². The van der Waals surface area contributed by atoms with Crippen LogP contribution in [0.2, 0.25) is 0 Å². The molecule has 0 aliphatic heterocycles. The summed E-state index contributed by atoms with van der Waals surface area (Å²) in [4.78, 5) is 17.6. The monoisotopic (exact) mass is 318 g/mol. The van der Waals surface area contributed by atoms with Crippen molar-refractivity contribution in [2.45, 2.75) is 25.4 Å². The Morgan fingerprint density at radius 2 is 1.88 bits per heavy atom. The van der Waals surface area contributed by atoms with Crippen LogP contribution in [0.3, 0.4) is 0 Å². The van der Waals surface area contributed by atoms with E-state index in [1.165, 1.54) is 12.8 Å². The molecule has 0 saturated heterocycles. The average molecular weight is 318 g/mol. The van der Waals surface area contributed by atoms with Gasteiger partial charge in [0.15, 0.2) is 0 Å². The lowest BCUT2D eigenvalue weighted by molar-refractivity contribution is 1.01. The molecule has 24 heavy (non-hydrogen) atoms. The predicted molar refractivity (Wildman–Crippen MR) is 93.5 cm³/mol. The fourth-order valence-corrected chi connectivity index (χ4v) is 2.37. The Bertz CT molecular complexity index is 802. The second kappa shape index (κ2) is 6.62. The maximum Gasteiger partial charge on any atom is 0.225 e. The Kier molecular flexibility index (Phi) is 4.02. The number of aromatic nitrogens is 4. The molecular formula is C18H18N6. The second-order valence-electron chi connectivity index (χ2n) is 5.79. The normalized spacial score (nSPS) is 13.5. The third-order valence-corrected chi connectivity index (χ3v) is 3.79. The van der Waals surface area contributed by atoms with Gasteiger partial charge >= 0.3 is 0 Å². The van der Waals surface area contributed by atoms with Gasteiger partial charge in [-0.3, -0.25) is 9.97 Å². The average Bonchev–Trinajstić information content (AvgIpc) is 3.45. The summed E-state index contributed by atoms with van der Waals surface area (Å²) in [6.45, 7) is 0.622. The third-order valence-electron chi connectivity index (χ3n) is 3.79. The smallest absolute Gasteiger partial charge is 0.225 e. The zero-order chi connectivity index (χ0) is 16.2. The van der Waals surface area contributed by atoms with Gasteiger partial charge in [-0.1, -0.05) is 6.07 Å². The van der Waals surface area contributed by atoms with E-state index >= 15 is 0 Å². The van der Waals surface area contributed by atoms with Crippen molar-refractivity contribution in [1.29, 1.82) is 0 Å². The van der Waals surface area contributed by atoms with Crippen LogP contribution in [0.4, 0.5) is 11.8 Å². The van der Waals surface area contributed by atoms with E-state index in [4.69, 9.17) is 0 Å². The summed E-state index contributed by atoms with van der Waals surface area (Å²) in [5, 5.41) is 6.71. The van der Waals surface area contributed by atoms with Crippen molar-refractivity contribution in [3.05, 3.63) is 60.7 Å². The van der Waals surface area contributed by atoms with Gasteiger partial charge in [0.2, 0.25) is 5.95 Å². The van der Waals surface area contributed by atoms with Gasteiger partial charge < -0.3 is 10.6 Å². The molecule has 3 heterocycles. The highest BCUT2D eigenvalue weighted by atomic mass is 15.2. The first kappa shape index (κ1) is 14.6. The van der Waals surface area contributed by atoms with Gasteiger partial charge in [-0.25, -0.2) is 4.98 Å². The molecule has 120 valence electrons. The van der Waals surface area contributed by atoms with Crippen molar-refractivity contribution in [2.75, 3.05) is 10.6 Å². The fraction of sp³-hybridized carbons (Fsp3) is 0.222. The molecule has 0 radical (unpaired) electrons. The largest absolute Gasteiger partial charge is 0.364 e. The minimum Gasteiger partial charge on any atom is -0.364 e. The maximum atomic E-state index is 4.63. The first-order valence-corrected chi connectivity index (χ1v) is 8.06. The van der Waals surface area contributed by atoms with Gasteiger partial charge in [-0.15, -0.1) is 0 Å². The highest BCUT2D eigenvalue weighted by Crippen LogP contribution is 2.26. The molecule has 6 nitrogen and oxygen atoms in total. The van der Waals surface area contributed by atoms with Crippen LogP contribution >= 0.6 is 0 Å². The van der Waals surface area contributed by atoms with E-state index in [1.54, 1.807) is 18.6 Å². The lowest BCUT2D eigenvalue weighted by atomic mass is 10.2. The van der Waals surface area contributed by atoms with Crippen LogP contribution in [-0.2, 0) is 6.54 Å². The number of anilines is 2. The molecule has 3 aromatic rings. The van der Waals surface area contributed by atoms with Gasteiger partial charge in [-0.05, 0) is 37.1 Å². The molecule has 0 amide bonds. The minimum atomic E-state index is 0.501. The Morgan fingerprint density at radius 3 is 2.62 bits per heavy atom. The standard InChI is InChI=1S/C18H18N6/c1-2-8-20-15(3-1)12-21-17-11-16(13-6-9-19-10-7-13)23-18(24-17)22-14-4-5-14/h1-3,6-11,14H,4-5,12H2,(H2,21,22,23,24). The molecule has 1 aliphatic rings. The van der Waals surface area contributed by atoms with E-state index in [0.717, 1.165) is 22.8 Å². The Hall–Kier alpha value is -3.02. The highest BCUT2D eigenvalue weighted by Gasteiger charge is 2.22. The van der Waals surface area contributed by atoms with Gasteiger partial charge in [-0.2, -0.15) is 4.98 Å². The summed E-state index contributed by atoms with van der Waals surface area (Å²) in [5.41, 5.74) is 2.87. The van der Waals surface area contributed by atoms with Crippen molar-refractivity contribution in [1.82, 2.24) is 19.9 Å². The fourth-order valence-electron chi connectivity index (χ4n) is 2.37. The first-order valence-electron chi connectivity index (χ1n) is 8.06. The van der Waals surface area contributed by atoms with Crippen molar-refractivity contribution in [3.63, 3.8) is 0 Å². The number of nitrogens with one attached hydrogen (secondary N) is 2. The topological polar surface area (TPSA) is 75.6 Å². The molecule has 1 saturated carbocycles. The van der Waals surface area contributed by atoms with Crippen LogP contribution < -0.4 is 10.6 Å². The summed E-state index contributed by atoms with van der Waals surface area (Å²) < 4.78 is 0. The van der Waals surface area contributed by atoms with E-state index in [9.17, 15) is 0 Å². The van der Waals surface area contributed by atoms with Crippen molar-refractivity contribution >= 4 is 11.8 Å². The van der Waals surface area contributed by atoms with Gasteiger partial charge in [0, 0.05) is 36.3 Å². The molecular weight excluding hydrogens is 300 g/mol. The van der Waals surface area contributed by atoms with Crippen molar-refractivity contribution in [2.24, 2.45) is 0 Å². The Morgan fingerprint density at radius 1 is 1.00 bits per heavy atom. The molecule has 0 aromatic carbocycles. The van der Waals surface area contributed by atoms with Crippen molar-refractivity contribution < 1.29 is 0 Å². The molecule has 6 heteroatoms. The van der Waals surface area contributed by atoms with Crippen LogP contribution in [0.1, 0.15) is 18.5 Å². The zero-order valence-corrected chi connectivity index (χ0v) is 13.2. The van der Waals surface area contributed by atoms with Crippen LogP contribution in [-0.4, -0.2) is 26.0 Å². The van der Waals surface area contributed by atoms with Gasteiger partial charge in [0.1, 0.15) is 5.82 Å². The SMILES string of the molecule is c1ccc(CNc2cc(-c3ccncc3)nc(NC3CC3)n2)nc1. The summed E-state index contributed by atoms with van der Waals surface area (Å²) in [6.07, 6.45) is 7.69. The first-order chi connectivity index (χ1) is 11.9. The summed E-state index contributed by atoms with van der Waals surface area (Å²) in [6, 6.07) is 12.2. The van der Waals surface area contributed by atoms with Crippen LogP contribution in [0.25, 0.3) is 11.3 Å². The summed E-state index contributed by atoms with van der Waals surface area (Å²) in [5.74, 6) is 1.45. The van der Waals surface area contributed by atoms with E-state index in [1.807, 2.05) is 36.4 Å². The predicted octanol–water partition coefficient (Wildman–Crippen LogP) is 3.12. The number of hydrogen-bond donors (Lipinski definition) is 2. The van der Waals surface area contributed by atoms with E-state index < -0.39 is 0 Å². The molecule has 1 aliphatic carbocycles. The van der Waals surface area contributed by atoms with E-state index in [-0.39, 0.29) is 0 Å². The van der Waals surface area contributed by atoms with Crippen molar-refractivity contribution in [3.8, 4) is 11.3 Å². The Balaban J connectivity index is 1.59. The lowest BCUT2D eigenvalue weighted by Gasteiger charge is -2.11. The molecule has 4 rings (SSSR count). The minimum absolute atomic E-state index is 0.501. The summed E-state index contributed by atoms with van der Waals surface area (Å²) >= 11 is 0. The molecule has 2 N–H and O–H groups in total. The molecule has 0 unspecified atom stereocenters. The van der Waals surface area contributed by atoms with E-state index in [0.29, 0.717) is 18.5 Å². The summed E-state index contributed by atoms with van der Waals surface area (Å²) in [7, 11) is 0. The lowest BCUT2D eigenvalue weighted by Crippen LogP contribution is -2.09. The highest BCUT2D eigenvalue weighted by molar-refractivity contribution is 5.64. The third kappa shape index (κ3) is 3.65. The molecule has 1 fully saturated rings. The second-order valence-corrected chi connectivity index (χ2v) is 5.79. The number of rotatable bonds is 6. The molecule has 0 atom stereocenters. The molecule has 0 spiro atoms. The van der Waals surface area contributed by atoms with Crippen LogP contribution in [0.15, 0.2) is 55.0 Å². The molecule has 3 aromatic heterocycles. The molecule has 0 bridgehead atoms. The number of nitrogens with zero attached hydrogens (tertiary/aromatic N) is 4. The zero-order valence-electron chi connectivity index (χ0n) is 13.2. The van der Waals surface area contributed by atoms with Gasteiger partial charge in [0.25, 0.3) is 0 Å².